The summed E-state index contributed by atoms with van der Waals surface area (Å²) in [5.41, 5.74) is 1.14. The van der Waals surface area contributed by atoms with Gasteiger partial charge in [0.25, 0.3) is 0 Å². The van der Waals surface area contributed by atoms with Crippen LogP contribution in [0.4, 0.5) is 0 Å². The van der Waals surface area contributed by atoms with Crippen LogP contribution in [-0.4, -0.2) is 32.4 Å². The summed E-state index contributed by atoms with van der Waals surface area (Å²) in [4.78, 5) is 11.3. The van der Waals surface area contributed by atoms with E-state index in [1.54, 1.807) is 18.2 Å². The SMILES string of the molecule is COC(=O)c1cc(OC)c(Cl)cc1Br.COc1cc(CO)c(Br)cc1Cl. The molecule has 2 aromatic carbocycles. The van der Waals surface area contributed by atoms with Crippen LogP contribution < -0.4 is 9.47 Å². The molecule has 2 rings (SSSR count). The van der Waals surface area contributed by atoms with Gasteiger partial charge in [0.05, 0.1) is 43.5 Å². The summed E-state index contributed by atoms with van der Waals surface area (Å²) < 4.78 is 15.9. The predicted molar refractivity (Wildman–Crippen MR) is 109 cm³/mol. The number of carbonyl (C=O) groups excluding carboxylic acids is 1. The van der Waals surface area contributed by atoms with E-state index in [1.807, 2.05) is 0 Å². The Bertz CT molecular complexity index is 759. The number of hydrogen-bond acceptors (Lipinski definition) is 5. The predicted octanol–water partition coefficient (Wildman–Crippen LogP) is 5.50. The third-order valence-electron chi connectivity index (χ3n) is 3.14. The van der Waals surface area contributed by atoms with Crippen molar-refractivity contribution in [2.75, 3.05) is 21.3 Å². The molecule has 0 heterocycles. The number of aliphatic hydroxyl groups excluding tert-OH is 1. The Labute approximate surface area is 178 Å². The van der Waals surface area contributed by atoms with Gasteiger partial charge in [-0.15, -0.1) is 0 Å². The molecule has 0 aliphatic rings. The fourth-order valence-electron chi connectivity index (χ4n) is 1.80. The van der Waals surface area contributed by atoms with Crippen molar-refractivity contribution in [1.82, 2.24) is 0 Å². The Balaban J connectivity index is 0.000000263. The molecule has 0 amide bonds. The standard InChI is InChI=1S/C9H8BrClO3.C8H8BrClO2/c1-13-8-3-5(9(12)14-2)6(10)4-7(8)11;1-12-8-2-5(4-11)6(9)3-7(8)10/h3-4H,1-2H3;2-3,11H,4H2,1H3. The van der Waals surface area contributed by atoms with Crippen molar-refractivity contribution in [3.8, 4) is 11.5 Å². The van der Waals surface area contributed by atoms with Crippen LogP contribution in [0.3, 0.4) is 0 Å². The van der Waals surface area contributed by atoms with E-state index in [2.05, 4.69) is 36.6 Å². The summed E-state index contributed by atoms with van der Waals surface area (Å²) in [6, 6.07) is 6.52. The smallest absolute Gasteiger partial charge is 0.339 e. The van der Waals surface area contributed by atoms with Crippen LogP contribution in [-0.2, 0) is 11.3 Å². The van der Waals surface area contributed by atoms with E-state index >= 15 is 0 Å². The van der Waals surface area contributed by atoms with Crippen molar-refractivity contribution >= 4 is 61.0 Å². The maximum absolute atomic E-state index is 11.3. The Morgan fingerprint density at radius 2 is 1.46 bits per heavy atom. The van der Waals surface area contributed by atoms with Gasteiger partial charge in [-0.1, -0.05) is 39.1 Å². The first-order valence-electron chi connectivity index (χ1n) is 7.03. The fourth-order valence-corrected chi connectivity index (χ4v) is 3.52. The van der Waals surface area contributed by atoms with E-state index < -0.39 is 5.97 Å². The van der Waals surface area contributed by atoms with Crippen molar-refractivity contribution in [2.45, 2.75) is 6.61 Å². The van der Waals surface area contributed by atoms with Gasteiger partial charge in [-0.2, -0.15) is 0 Å². The molecule has 2 aromatic rings. The molecule has 0 atom stereocenters. The maximum atomic E-state index is 11.3. The summed E-state index contributed by atoms with van der Waals surface area (Å²) in [5.74, 6) is 0.575. The minimum absolute atomic E-state index is 0.0336. The Hall–Kier alpha value is -0.990. The number of benzene rings is 2. The van der Waals surface area contributed by atoms with E-state index in [0.717, 1.165) is 10.0 Å². The second-order valence-electron chi connectivity index (χ2n) is 4.69. The highest BCUT2D eigenvalue weighted by atomic mass is 79.9. The van der Waals surface area contributed by atoms with Gasteiger partial charge in [0.1, 0.15) is 11.5 Å². The number of halogens is 4. The van der Waals surface area contributed by atoms with E-state index in [9.17, 15) is 4.79 Å². The average Bonchev–Trinajstić information content (AvgIpc) is 2.62. The number of rotatable bonds is 4. The molecule has 0 aromatic heterocycles. The number of methoxy groups -OCH3 is 3. The van der Waals surface area contributed by atoms with Crippen LogP contribution in [0.15, 0.2) is 33.2 Å². The molecule has 142 valence electrons. The van der Waals surface area contributed by atoms with Gasteiger partial charge in [-0.25, -0.2) is 4.79 Å². The molecule has 0 fully saturated rings. The lowest BCUT2D eigenvalue weighted by atomic mass is 10.2. The average molecular weight is 531 g/mol. The molecule has 0 saturated carbocycles. The lowest BCUT2D eigenvalue weighted by Crippen LogP contribution is -2.02. The lowest BCUT2D eigenvalue weighted by Gasteiger charge is -2.07. The molecule has 9 heteroatoms. The van der Waals surface area contributed by atoms with Crippen LogP contribution in [0.2, 0.25) is 10.0 Å². The number of aliphatic hydroxyl groups is 1. The van der Waals surface area contributed by atoms with Gasteiger partial charge in [0, 0.05) is 8.95 Å². The third kappa shape index (κ3) is 6.03. The molecule has 0 radical (unpaired) electrons. The first-order valence-corrected chi connectivity index (χ1v) is 9.37. The van der Waals surface area contributed by atoms with E-state index in [0.29, 0.717) is 31.6 Å². The van der Waals surface area contributed by atoms with E-state index in [1.165, 1.54) is 27.4 Å². The van der Waals surface area contributed by atoms with Crippen LogP contribution in [0.5, 0.6) is 11.5 Å². The zero-order chi connectivity index (χ0) is 19.9. The van der Waals surface area contributed by atoms with Gasteiger partial charge in [-0.05, 0) is 45.8 Å². The van der Waals surface area contributed by atoms with Crippen molar-refractivity contribution in [1.29, 1.82) is 0 Å². The van der Waals surface area contributed by atoms with Crippen LogP contribution in [0, 0.1) is 0 Å². The molecule has 0 spiro atoms. The van der Waals surface area contributed by atoms with Gasteiger partial charge < -0.3 is 19.3 Å². The Kier molecular flexibility index (Phi) is 9.74. The van der Waals surface area contributed by atoms with E-state index in [4.69, 9.17) is 37.8 Å². The van der Waals surface area contributed by atoms with Gasteiger partial charge >= 0.3 is 5.97 Å². The minimum atomic E-state index is -0.438. The van der Waals surface area contributed by atoms with Gasteiger partial charge in [0.15, 0.2) is 0 Å². The topological polar surface area (TPSA) is 65.0 Å². The molecule has 1 N–H and O–H groups in total. The van der Waals surface area contributed by atoms with Gasteiger partial charge in [-0.3, -0.25) is 0 Å². The quantitative estimate of drug-likeness (QED) is 0.529. The zero-order valence-electron chi connectivity index (χ0n) is 14.1. The van der Waals surface area contributed by atoms with Crippen molar-refractivity contribution < 1.29 is 24.1 Å². The Morgan fingerprint density at radius 3 is 1.92 bits per heavy atom. The number of hydrogen-bond donors (Lipinski definition) is 1. The Morgan fingerprint density at radius 1 is 0.962 bits per heavy atom. The molecular weight excluding hydrogens is 515 g/mol. The number of esters is 1. The maximum Gasteiger partial charge on any atom is 0.339 e. The van der Waals surface area contributed by atoms with Crippen molar-refractivity contribution in [3.05, 3.63) is 54.4 Å². The highest BCUT2D eigenvalue weighted by Crippen LogP contribution is 2.32. The van der Waals surface area contributed by atoms with Gasteiger partial charge in [0.2, 0.25) is 0 Å². The summed E-state index contributed by atoms with van der Waals surface area (Å²) in [7, 11) is 4.34. The first kappa shape index (κ1) is 23.0. The zero-order valence-corrected chi connectivity index (χ0v) is 18.8. The summed E-state index contributed by atoms with van der Waals surface area (Å²) in [6.07, 6.45) is 0. The number of ether oxygens (including phenoxy) is 3. The molecule has 0 saturated heterocycles. The van der Waals surface area contributed by atoms with Crippen LogP contribution in [0.25, 0.3) is 0 Å². The monoisotopic (exact) mass is 528 g/mol. The third-order valence-corrected chi connectivity index (χ3v) is 5.12. The highest BCUT2D eigenvalue weighted by molar-refractivity contribution is 9.10. The van der Waals surface area contributed by atoms with Crippen molar-refractivity contribution in [2.24, 2.45) is 0 Å². The second-order valence-corrected chi connectivity index (χ2v) is 7.22. The molecule has 0 aliphatic heterocycles. The second kappa shape index (κ2) is 11.0. The molecule has 5 nitrogen and oxygen atoms in total. The van der Waals surface area contributed by atoms with Crippen LogP contribution >= 0.6 is 55.1 Å². The fraction of sp³-hybridized carbons (Fsp3) is 0.235. The van der Waals surface area contributed by atoms with Crippen molar-refractivity contribution in [3.63, 3.8) is 0 Å². The molecular formula is C17H16Br2Cl2O5. The largest absolute Gasteiger partial charge is 0.495 e. The summed E-state index contributed by atoms with van der Waals surface area (Å²) in [5, 5.41) is 9.87. The first-order chi connectivity index (χ1) is 12.3. The molecule has 26 heavy (non-hydrogen) atoms. The minimum Gasteiger partial charge on any atom is -0.495 e. The van der Waals surface area contributed by atoms with Crippen LogP contribution in [0.1, 0.15) is 15.9 Å². The lowest BCUT2D eigenvalue weighted by molar-refractivity contribution is 0.0599. The highest BCUT2D eigenvalue weighted by Gasteiger charge is 2.14. The van der Waals surface area contributed by atoms with E-state index in [-0.39, 0.29) is 6.61 Å². The normalized spacial score (nSPS) is 9.85. The summed E-state index contributed by atoms with van der Waals surface area (Å²) in [6.45, 7) is -0.0336. The summed E-state index contributed by atoms with van der Waals surface area (Å²) >= 11 is 18.1. The number of carbonyl (C=O) groups is 1. The molecule has 0 aliphatic carbocycles. The molecule has 0 unspecified atom stereocenters. The molecule has 0 bridgehead atoms.